The molecule has 0 heterocycles. The van der Waals surface area contributed by atoms with E-state index in [1.54, 1.807) is 18.2 Å². The molecule has 6 nitrogen and oxygen atoms in total. The smallest absolute Gasteiger partial charge is 0.269 e. The van der Waals surface area contributed by atoms with Gasteiger partial charge in [0.15, 0.2) is 5.96 Å². The average Bonchev–Trinajstić information content (AvgIpc) is 2.62. The van der Waals surface area contributed by atoms with Crippen molar-refractivity contribution in [2.45, 2.75) is 20.0 Å². The van der Waals surface area contributed by atoms with Crippen molar-refractivity contribution in [3.8, 4) is 0 Å². The topological polar surface area (TPSA) is 79.6 Å². The van der Waals surface area contributed by atoms with Gasteiger partial charge < -0.3 is 10.6 Å². The third kappa shape index (κ3) is 7.22. The minimum absolute atomic E-state index is 0. The van der Waals surface area contributed by atoms with Crippen LogP contribution in [0.5, 0.6) is 0 Å². The number of benzene rings is 2. The SMILES string of the molecule is C=CCNC(=NCc1ccc(C)cc1)NCc1ccc([N+](=O)[O-])cc1.I. The standard InChI is InChI=1S/C19H22N4O2.HI/c1-3-12-20-19(21-13-16-6-4-15(2)5-7-16)22-14-17-8-10-18(11-9-17)23(24)25;/h3-11H,1,12-14H2,2H3,(H2,20,21,22);1H. The second-order valence-electron chi connectivity index (χ2n) is 5.60. The summed E-state index contributed by atoms with van der Waals surface area (Å²) in [4.78, 5) is 14.8. The van der Waals surface area contributed by atoms with Crippen LogP contribution in [0.4, 0.5) is 5.69 Å². The third-order valence-electron chi connectivity index (χ3n) is 3.56. The van der Waals surface area contributed by atoms with E-state index >= 15 is 0 Å². The molecule has 0 atom stereocenters. The number of nitrogens with zero attached hydrogens (tertiary/aromatic N) is 2. The maximum Gasteiger partial charge on any atom is 0.269 e. The molecule has 7 heteroatoms. The Kier molecular flexibility index (Phi) is 9.35. The highest BCUT2D eigenvalue weighted by atomic mass is 127. The average molecular weight is 466 g/mol. The van der Waals surface area contributed by atoms with Gasteiger partial charge in [-0.05, 0) is 18.1 Å². The quantitative estimate of drug-likeness (QED) is 0.162. The van der Waals surface area contributed by atoms with E-state index in [-0.39, 0.29) is 29.7 Å². The van der Waals surface area contributed by atoms with Crippen LogP contribution in [-0.4, -0.2) is 17.4 Å². The minimum Gasteiger partial charge on any atom is -0.353 e. The van der Waals surface area contributed by atoms with Crippen molar-refractivity contribution >= 4 is 35.6 Å². The summed E-state index contributed by atoms with van der Waals surface area (Å²) in [6.45, 7) is 7.43. The molecule has 0 aliphatic carbocycles. The molecule has 0 bridgehead atoms. The normalized spacial score (nSPS) is 10.6. The van der Waals surface area contributed by atoms with Crippen LogP contribution in [0.3, 0.4) is 0 Å². The second-order valence-corrected chi connectivity index (χ2v) is 5.60. The number of nitro groups is 1. The highest BCUT2D eigenvalue weighted by Gasteiger charge is 2.04. The van der Waals surface area contributed by atoms with E-state index < -0.39 is 4.92 Å². The van der Waals surface area contributed by atoms with Crippen molar-refractivity contribution in [3.05, 3.63) is 88.0 Å². The molecule has 0 fully saturated rings. The first-order valence-corrected chi connectivity index (χ1v) is 8.00. The molecule has 138 valence electrons. The molecule has 0 aromatic heterocycles. The zero-order valence-electron chi connectivity index (χ0n) is 14.6. The summed E-state index contributed by atoms with van der Waals surface area (Å²) < 4.78 is 0. The minimum atomic E-state index is -0.405. The highest BCUT2D eigenvalue weighted by Crippen LogP contribution is 2.11. The number of rotatable bonds is 7. The number of nitrogens with one attached hydrogen (secondary N) is 2. The van der Waals surface area contributed by atoms with E-state index in [1.165, 1.54) is 17.7 Å². The molecule has 2 N–H and O–H groups in total. The summed E-state index contributed by atoms with van der Waals surface area (Å²) in [5, 5.41) is 17.1. The lowest BCUT2D eigenvalue weighted by Crippen LogP contribution is -2.37. The van der Waals surface area contributed by atoms with Crippen LogP contribution >= 0.6 is 24.0 Å². The lowest BCUT2D eigenvalue weighted by atomic mass is 10.1. The maximum atomic E-state index is 10.7. The van der Waals surface area contributed by atoms with E-state index in [0.29, 0.717) is 25.6 Å². The molecule has 0 aliphatic heterocycles. The Bertz CT molecular complexity index is 743. The first-order valence-electron chi connectivity index (χ1n) is 8.00. The van der Waals surface area contributed by atoms with E-state index in [2.05, 4.69) is 53.4 Å². The van der Waals surface area contributed by atoms with Gasteiger partial charge in [0.05, 0.1) is 11.5 Å². The molecule has 26 heavy (non-hydrogen) atoms. The van der Waals surface area contributed by atoms with Gasteiger partial charge in [-0.1, -0.05) is 48.0 Å². The van der Waals surface area contributed by atoms with Crippen LogP contribution in [0.25, 0.3) is 0 Å². The van der Waals surface area contributed by atoms with Gasteiger partial charge in [-0.2, -0.15) is 0 Å². The second kappa shape index (κ2) is 11.2. The fraction of sp³-hybridized carbons (Fsp3) is 0.211. The number of guanidine groups is 1. The number of hydrogen-bond acceptors (Lipinski definition) is 3. The van der Waals surface area contributed by atoms with Gasteiger partial charge in [0.1, 0.15) is 0 Å². The molecule has 2 aromatic rings. The van der Waals surface area contributed by atoms with E-state index in [9.17, 15) is 10.1 Å². The molecule has 0 unspecified atom stereocenters. The zero-order chi connectivity index (χ0) is 18.1. The Morgan fingerprint density at radius 3 is 2.31 bits per heavy atom. The predicted molar refractivity (Wildman–Crippen MR) is 116 cm³/mol. The van der Waals surface area contributed by atoms with Gasteiger partial charge >= 0.3 is 0 Å². The Labute approximate surface area is 170 Å². The number of non-ortho nitro benzene ring substituents is 1. The summed E-state index contributed by atoms with van der Waals surface area (Å²) in [5.41, 5.74) is 3.37. The van der Waals surface area contributed by atoms with Gasteiger partial charge in [0.25, 0.3) is 5.69 Å². The largest absolute Gasteiger partial charge is 0.353 e. The van der Waals surface area contributed by atoms with Crippen LogP contribution < -0.4 is 10.6 Å². The Balaban J connectivity index is 0.00000338. The highest BCUT2D eigenvalue weighted by molar-refractivity contribution is 14.0. The molecule has 2 rings (SSSR count). The first-order chi connectivity index (χ1) is 12.1. The molecule has 0 saturated heterocycles. The van der Waals surface area contributed by atoms with Gasteiger partial charge in [0.2, 0.25) is 0 Å². The fourth-order valence-electron chi connectivity index (χ4n) is 2.13. The van der Waals surface area contributed by atoms with Crippen molar-refractivity contribution in [2.24, 2.45) is 4.99 Å². The van der Waals surface area contributed by atoms with Crippen LogP contribution in [0, 0.1) is 17.0 Å². The monoisotopic (exact) mass is 466 g/mol. The van der Waals surface area contributed by atoms with Crippen LogP contribution in [0.2, 0.25) is 0 Å². The Hall–Kier alpha value is -2.42. The molecular formula is C19H23IN4O2. The fourth-order valence-corrected chi connectivity index (χ4v) is 2.13. The third-order valence-corrected chi connectivity index (χ3v) is 3.56. The summed E-state index contributed by atoms with van der Waals surface area (Å²) in [5.74, 6) is 0.666. The lowest BCUT2D eigenvalue weighted by Gasteiger charge is -2.11. The molecule has 2 aromatic carbocycles. The Morgan fingerprint density at radius 2 is 1.73 bits per heavy atom. The van der Waals surface area contributed by atoms with Crippen molar-refractivity contribution in [2.75, 3.05) is 6.54 Å². The molecule has 0 amide bonds. The number of aliphatic imine (C=N–C) groups is 1. The molecule has 0 saturated carbocycles. The number of aryl methyl sites for hydroxylation is 1. The molecular weight excluding hydrogens is 443 g/mol. The number of nitro benzene ring substituents is 1. The van der Waals surface area contributed by atoms with Crippen molar-refractivity contribution < 1.29 is 4.92 Å². The van der Waals surface area contributed by atoms with Crippen LogP contribution in [0.1, 0.15) is 16.7 Å². The molecule has 0 aliphatic rings. The van der Waals surface area contributed by atoms with Gasteiger partial charge in [0, 0.05) is 25.2 Å². The molecule has 0 spiro atoms. The van der Waals surface area contributed by atoms with E-state index in [4.69, 9.17) is 0 Å². The Morgan fingerprint density at radius 1 is 1.12 bits per heavy atom. The van der Waals surface area contributed by atoms with E-state index in [1.807, 2.05) is 0 Å². The summed E-state index contributed by atoms with van der Waals surface area (Å²) in [7, 11) is 0. The van der Waals surface area contributed by atoms with Crippen LogP contribution in [-0.2, 0) is 13.1 Å². The summed E-state index contributed by atoms with van der Waals surface area (Å²) >= 11 is 0. The van der Waals surface area contributed by atoms with Gasteiger partial charge in [-0.3, -0.25) is 10.1 Å². The lowest BCUT2D eigenvalue weighted by molar-refractivity contribution is -0.384. The summed E-state index contributed by atoms with van der Waals surface area (Å²) in [6, 6.07) is 14.7. The predicted octanol–water partition coefficient (Wildman–Crippen LogP) is 3.94. The number of halogens is 1. The van der Waals surface area contributed by atoms with E-state index in [0.717, 1.165) is 11.1 Å². The van der Waals surface area contributed by atoms with Crippen LogP contribution in [0.15, 0.2) is 66.2 Å². The summed E-state index contributed by atoms with van der Waals surface area (Å²) in [6.07, 6.45) is 1.76. The van der Waals surface area contributed by atoms with Crippen molar-refractivity contribution in [1.29, 1.82) is 0 Å². The van der Waals surface area contributed by atoms with Crippen molar-refractivity contribution in [1.82, 2.24) is 10.6 Å². The maximum absolute atomic E-state index is 10.7. The van der Waals surface area contributed by atoms with Crippen molar-refractivity contribution in [3.63, 3.8) is 0 Å². The van der Waals surface area contributed by atoms with Gasteiger partial charge in [-0.25, -0.2) is 4.99 Å². The number of hydrogen-bond donors (Lipinski definition) is 2. The zero-order valence-corrected chi connectivity index (χ0v) is 17.0. The first kappa shape index (κ1) is 21.6. The molecule has 0 radical (unpaired) electrons. The van der Waals surface area contributed by atoms with Gasteiger partial charge in [-0.15, -0.1) is 30.6 Å².